The zero-order chi connectivity index (χ0) is 14.8. The van der Waals surface area contributed by atoms with E-state index in [4.69, 9.17) is 34.8 Å². The second-order valence-corrected chi connectivity index (χ2v) is 7.70. The molecule has 4 nitrogen and oxygen atoms in total. The Morgan fingerprint density at radius 3 is 2.45 bits per heavy atom. The summed E-state index contributed by atoms with van der Waals surface area (Å²) in [5.41, 5.74) is 0. The molecule has 0 aliphatic carbocycles. The molecule has 20 heavy (non-hydrogen) atoms. The number of rotatable bonds is 5. The Labute approximate surface area is 133 Å². The number of benzene rings is 1. The largest absolute Gasteiger partial charge is 0.316 e. The average Bonchev–Trinajstić information content (AvgIpc) is 2.79. The second-order valence-electron chi connectivity index (χ2n) is 4.74. The highest BCUT2D eigenvalue weighted by molar-refractivity contribution is 7.89. The molecule has 1 aromatic carbocycles. The minimum Gasteiger partial charge on any atom is -0.316 e. The van der Waals surface area contributed by atoms with Crippen LogP contribution >= 0.6 is 34.8 Å². The molecule has 1 atom stereocenters. The first-order chi connectivity index (χ1) is 9.40. The summed E-state index contributed by atoms with van der Waals surface area (Å²) in [6, 6.07) is 2.73. The molecule has 0 amide bonds. The number of sulfonamides is 1. The van der Waals surface area contributed by atoms with Gasteiger partial charge < -0.3 is 5.32 Å². The molecule has 1 saturated heterocycles. The van der Waals surface area contributed by atoms with Crippen LogP contribution in [0.4, 0.5) is 0 Å². The van der Waals surface area contributed by atoms with Gasteiger partial charge in [0, 0.05) is 11.6 Å². The number of nitrogens with one attached hydrogen (secondary N) is 2. The normalized spacial score (nSPS) is 19.4. The van der Waals surface area contributed by atoms with Crippen LogP contribution in [0.1, 0.15) is 12.8 Å². The number of hydrogen-bond acceptors (Lipinski definition) is 3. The maximum absolute atomic E-state index is 12.2. The first kappa shape index (κ1) is 16.3. The van der Waals surface area contributed by atoms with Crippen molar-refractivity contribution in [2.75, 3.05) is 19.6 Å². The van der Waals surface area contributed by atoms with Crippen molar-refractivity contribution < 1.29 is 8.42 Å². The van der Waals surface area contributed by atoms with Gasteiger partial charge in [0.05, 0.1) is 10.0 Å². The van der Waals surface area contributed by atoms with Gasteiger partial charge in [-0.25, -0.2) is 13.1 Å². The molecule has 112 valence electrons. The zero-order valence-corrected chi connectivity index (χ0v) is 13.7. The van der Waals surface area contributed by atoms with E-state index in [0.29, 0.717) is 17.5 Å². The molecular weight excluding hydrogens is 343 g/mol. The minimum atomic E-state index is -3.72. The van der Waals surface area contributed by atoms with Crippen molar-refractivity contribution in [3.8, 4) is 0 Å². The molecular formula is C12H15Cl3N2O2S. The van der Waals surface area contributed by atoms with Gasteiger partial charge in [0.2, 0.25) is 10.0 Å². The first-order valence-electron chi connectivity index (χ1n) is 6.25. The number of halogens is 3. The third-order valence-electron chi connectivity index (χ3n) is 3.24. The Morgan fingerprint density at radius 2 is 1.90 bits per heavy atom. The van der Waals surface area contributed by atoms with Gasteiger partial charge in [0.25, 0.3) is 0 Å². The van der Waals surface area contributed by atoms with Crippen molar-refractivity contribution in [2.24, 2.45) is 5.92 Å². The Hall–Kier alpha value is -0.0400. The lowest BCUT2D eigenvalue weighted by Crippen LogP contribution is -2.27. The van der Waals surface area contributed by atoms with Gasteiger partial charge in [-0.1, -0.05) is 34.8 Å². The van der Waals surface area contributed by atoms with E-state index >= 15 is 0 Å². The predicted molar refractivity (Wildman–Crippen MR) is 82.3 cm³/mol. The fourth-order valence-electron chi connectivity index (χ4n) is 2.22. The molecule has 1 aliphatic rings. The summed E-state index contributed by atoms with van der Waals surface area (Å²) in [4.78, 5) is -0.116. The molecule has 0 radical (unpaired) electrons. The van der Waals surface area contributed by atoms with Gasteiger partial charge in [0.15, 0.2) is 0 Å². The summed E-state index contributed by atoms with van der Waals surface area (Å²) < 4.78 is 27.0. The van der Waals surface area contributed by atoms with Crippen molar-refractivity contribution in [2.45, 2.75) is 17.7 Å². The monoisotopic (exact) mass is 356 g/mol. The van der Waals surface area contributed by atoms with E-state index in [1.54, 1.807) is 0 Å². The fourth-order valence-corrected chi connectivity index (χ4v) is 4.80. The van der Waals surface area contributed by atoms with Crippen molar-refractivity contribution in [1.29, 1.82) is 0 Å². The maximum atomic E-state index is 12.2. The smallest absolute Gasteiger partial charge is 0.243 e. The minimum absolute atomic E-state index is 0.0255. The molecule has 2 N–H and O–H groups in total. The van der Waals surface area contributed by atoms with Gasteiger partial charge >= 0.3 is 0 Å². The van der Waals surface area contributed by atoms with Crippen molar-refractivity contribution in [3.63, 3.8) is 0 Å². The topological polar surface area (TPSA) is 58.2 Å². The van der Waals surface area contributed by atoms with E-state index in [1.165, 1.54) is 12.1 Å². The van der Waals surface area contributed by atoms with Gasteiger partial charge in [0.1, 0.15) is 4.90 Å². The molecule has 8 heteroatoms. The van der Waals surface area contributed by atoms with Crippen LogP contribution < -0.4 is 10.0 Å². The van der Waals surface area contributed by atoms with Crippen LogP contribution in [0.3, 0.4) is 0 Å². The van der Waals surface area contributed by atoms with Crippen molar-refractivity contribution in [1.82, 2.24) is 10.0 Å². The van der Waals surface area contributed by atoms with E-state index in [9.17, 15) is 8.42 Å². The summed E-state index contributed by atoms with van der Waals surface area (Å²) in [6.07, 6.45) is 1.86. The Morgan fingerprint density at radius 1 is 1.25 bits per heavy atom. The Bertz CT molecular complexity index is 563. The summed E-state index contributed by atoms with van der Waals surface area (Å²) in [7, 11) is -3.72. The standard InChI is InChI=1S/C12H15Cl3N2O2S/c13-9-5-10(14)12(11(15)6-9)20(18,19)17-4-2-8-1-3-16-7-8/h5-6,8,16-17H,1-4,7H2. The summed E-state index contributed by atoms with van der Waals surface area (Å²) >= 11 is 17.6. The highest BCUT2D eigenvalue weighted by Gasteiger charge is 2.23. The molecule has 2 rings (SSSR count). The lowest BCUT2D eigenvalue weighted by atomic mass is 10.1. The summed E-state index contributed by atoms with van der Waals surface area (Å²) in [6.45, 7) is 2.29. The van der Waals surface area contributed by atoms with Crippen LogP contribution in [0, 0.1) is 5.92 Å². The Kier molecular flexibility index (Phi) is 5.56. The van der Waals surface area contributed by atoms with Gasteiger partial charge in [-0.3, -0.25) is 0 Å². The van der Waals surface area contributed by atoms with Crippen molar-refractivity contribution in [3.05, 3.63) is 27.2 Å². The molecule has 1 heterocycles. The van der Waals surface area contributed by atoms with E-state index in [0.717, 1.165) is 25.9 Å². The third-order valence-corrected chi connectivity index (χ3v) is 5.84. The van der Waals surface area contributed by atoms with Crippen molar-refractivity contribution >= 4 is 44.8 Å². The third kappa shape index (κ3) is 4.00. The molecule has 0 spiro atoms. The maximum Gasteiger partial charge on any atom is 0.243 e. The molecule has 1 aromatic rings. The van der Waals surface area contributed by atoms with Gasteiger partial charge in [-0.2, -0.15) is 0 Å². The average molecular weight is 358 g/mol. The molecule has 1 unspecified atom stereocenters. The van der Waals surface area contributed by atoms with Crippen LogP contribution in [0.2, 0.25) is 15.1 Å². The fraction of sp³-hybridized carbons (Fsp3) is 0.500. The van der Waals surface area contributed by atoms with Crippen LogP contribution in [-0.4, -0.2) is 28.1 Å². The SMILES string of the molecule is O=S(=O)(NCCC1CCNC1)c1c(Cl)cc(Cl)cc1Cl. The lowest BCUT2D eigenvalue weighted by Gasteiger charge is -2.12. The van der Waals surface area contributed by atoms with Crippen LogP contribution in [0.25, 0.3) is 0 Å². The molecule has 0 bridgehead atoms. The molecule has 1 fully saturated rings. The quantitative estimate of drug-likeness (QED) is 0.852. The molecule has 1 aliphatic heterocycles. The van der Waals surface area contributed by atoms with Gasteiger partial charge in [-0.05, 0) is 44.0 Å². The second kappa shape index (κ2) is 6.81. The summed E-state index contributed by atoms with van der Waals surface area (Å²) in [5, 5.41) is 3.59. The Balaban J connectivity index is 2.06. The highest BCUT2D eigenvalue weighted by Crippen LogP contribution is 2.32. The van der Waals surface area contributed by atoms with E-state index < -0.39 is 10.0 Å². The molecule has 0 aromatic heterocycles. The first-order valence-corrected chi connectivity index (χ1v) is 8.87. The van der Waals surface area contributed by atoms with Crippen LogP contribution in [0.15, 0.2) is 17.0 Å². The van der Waals surface area contributed by atoms with Gasteiger partial charge in [-0.15, -0.1) is 0 Å². The summed E-state index contributed by atoms with van der Waals surface area (Å²) in [5.74, 6) is 0.508. The zero-order valence-electron chi connectivity index (χ0n) is 10.6. The predicted octanol–water partition coefficient (Wildman–Crippen LogP) is 2.92. The van der Waals surface area contributed by atoms with E-state index in [-0.39, 0.29) is 14.9 Å². The van der Waals surface area contributed by atoms with Crippen LogP contribution in [-0.2, 0) is 10.0 Å². The number of hydrogen-bond donors (Lipinski definition) is 2. The van der Waals surface area contributed by atoms with E-state index in [1.807, 2.05) is 0 Å². The lowest BCUT2D eigenvalue weighted by molar-refractivity contribution is 0.519. The molecule has 0 saturated carbocycles. The highest BCUT2D eigenvalue weighted by atomic mass is 35.5. The van der Waals surface area contributed by atoms with Crippen LogP contribution in [0.5, 0.6) is 0 Å². The van der Waals surface area contributed by atoms with E-state index in [2.05, 4.69) is 10.0 Å².